The van der Waals surface area contributed by atoms with E-state index >= 15 is 0 Å². The number of unbranched alkanes of at least 4 members (excludes halogenated alkanes) is 3. The van der Waals surface area contributed by atoms with Crippen molar-refractivity contribution in [1.29, 1.82) is 0 Å². The summed E-state index contributed by atoms with van der Waals surface area (Å²) < 4.78 is 1.84. The van der Waals surface area contributed by atoms with Gasteiger partial charge in [0, 0.05) is 31.4 Å². The van der Waals surface area contributed by atoms with Crippen molar-refractivity contribution < 1.29 is 0 Å². The molecule has 0 amide bonds. The number of aliphatic imine (C=N–C) groups is 1. The minimum absolute atomic E-state index is 0.226. The Kier molecular flexibility index (Phi) is 10.2. The van der Waals surface area contributed by atoms with E-state index in [1.807, 2.05) is 17.9 Å². The second-order valence-corrected chi connectivity index (χ2v) is 7.04. The van der Waals surface area contributed by atoms with E-state index in [0.717, 1.165) is 12.5 Å². The molecule has 1 aromatic heterocycles. The van der Waals surface area contributed by atoms with E-state index in [0.29, 0.717) is 12.6 Å². The summed E-state index contributed by atoms with van der Waals surface area (Å²) in [6.45, 7) is 8.17. The number of hydrogen-bond acceptors (Lipinski definition) is 3. The van der Waals surface area contributed by atoms with Crippen LogP contribution >= 0.6 is 0 Å². The Morgan fingerprint density at radius 3 is 2.60 bits per heavy atom. The number of aryl methyl sites for hydroxylation is 1. The normalized spacial score (nSPS) is 14.6. The van der Waals surface area contributed by atoms with Crippen LogP contribution in [-0.2, 0) is 7.05 Å². The fourth-order valence-electron chi connectivity index (χ4n) is 2.86. The molecule has 0 aliphatic heterocycles. The fraction of sp³-hybridized carbons (Fsp3) is 0.789. The van der Waals surface area contributed by atoms with E-state index in [1.165, 1.54) is 37.7 Å². The lowest BCUT2D eigenvalue weighted by Crippen LogP contribution is -2.42. The predicted molar refractivity (Wildman–Crippen MR) is 107 cm³/mol. The number of nitrogens with one attached hydrogen (secondary N) is 2. The summed E-state index contributed by atoms with van der Waals surface area (Å²) in [5.41, 5.74) is 1.19. The first-order valence-corrected chi connectivity index (χ1v) is 9.67. The summed E-state index contributed by atoms with van der Waals surface area (Å²) >= 11 is 0. The Morgan fingerprint density at radius 2 is 2.04 bits per heavy atom. The van der Waals surface area contributed by atoms with Gasteiger partial charge in [-0.3, -0.25) is 9.67 Å². The highest BCUT2D eigenvalue weighted by atomic mass is 15.3. The smallest absolute Gasteiger partial charge is 0.191 e. The molecule has 0 aliphatic carbocycles. The van der Waals surface area contributed by atoms with Crippen LogP contribution in [0.3, 0.4) is 0 Å². The molecule has 2 atom stereocenters. The van der Waals surface area contributed by atoms with Crippen LogP contribution in [0.2, 0.25) is 0 Å². The van der Waals surface area contributed by atoms with E-state index in [4.69, 9.17) is 4.99 Å². The average molecular weight is 351 g/mol. The molecule has 0 radical (unpaired) electrons. The maximum atomic E-state index is 4.82. The Labute approximate surface area is 154 Å². The number of likely N-dealkylation sites (N-methyl/N-ethyl adjacent to an activating group) is 1. The molecule has 0 saturated carbocycles. The molecule has 1 heterocycles. The lowest BCUT2D eigenvalue weighted by Gasteiger charge is -2.23. The van der Waals surface area contributed by atoms with Crippen molar-refractivity contribution in [1.82, 2.24) is 25.3 Å². The van der Waals surface area contributed by atoms with Crippen LogP contribution in [0.5, 0.6) is 0 Å². The first kappa shape index (κ1) is 21.5. The van der Waals surface area contributed by atoms with Gasteiger partial charge < -0.3 is 15.5 Å². The number of hydrogen-bond donors (Lipinski definition) is 2. The standard InChI is InChI=1S/C19H38N6/c1-7-9-10-11-12-16(3)23-19(20-8-2)21-14-18(24(4)5)17-13-22-25(6)15-17/h13,15-16,18H,7-12,14H2,1-6H3,(H2,20,21,23). The number of aromatic nitrogens is 2. The predicted octanol–water partition coefficient (Wildman–Crippen LogP) is 2.94. The summed E-state index contributed by atoms with van der Waals surface area (Å²) in [5.74, 6) is 0.904. The summed E-state index contributed by atoms with van der Waals surface area (Å²) in [7, 11) is 6.12. The van der Waals surface area contributed by atoms with Crippen molar-refractivity contribution in [2.24, 2.45) is 12.0 Å². The van der Waals surface area contributed by atoms with Gasteiger partial charge in [0.15, 0.2) is 5.96 Å². The van der Waals surface area contributed by atoms with Crippen LogP contribution in [0.15, 0.2) is 17.4 Å². The number of rotatable bonds is 11. The van der Waals surface area contributed by atoms with Crippen molar-refractivity contribution in [2.75, 3.05) is 27.2 Å². The minimum Gasteiger partial charge on any atom is -0.357 e. The van der Waals surface area contributed by atoms with Crippen LogP contribution in [0, 0.1) is 0 Å². The molecule has 25 heavy (non-hydrogen) atoms. The van der Waals surface area contributed by atoms with Gasteiger partial charge in [0.25, 0.3) is 0 Å². The van der Waals surface area contributed by atoms with Gasteiger partial charge >= 0.3 is 0 Å². The maximum Gasteiger partial charge on any atom is 0.191 e. The molecule has 144 valence electrons. The Bertz CT molecular complexity index is 494. The molecule has 6 nitrogen and oxygen atoms in total. The van der Waals surface area contributed by atoms with E-state index in [9.17, 15) is 0 Å². The van der Waals surface area contributed by atoms with Crippen LogP contribution in [0.25, 0.3) is 0 Å². The summed E-state index contributed by atoms with van der Waals surface area (Å²) in [5, 5.41) is 11.2. The van der Waals surface area contributed by atoms with Gasteiger partial charge in [-0.15, -0.1) is 0 Å². The van der Waals surface area contributed by atoms with Crippen LogP contribution in [0.4, 0.5) is 0 Å². The van der Waals surface area contributed by atoms with E-state index in [-0.39, 0.29) is 6.04 Å². The van der Waals surface area contributed by atoms with E-state index in [1.54, 1.807) is 0 Å². The summed E-state index contributed by atoms with van der Waals surface area (Å²) in [6, 6.07) is 0.662. The largest absolute Gasteiger partial charge is 0.357 e. The maximum absolute atomic E-state index is 4.82. The van der Waals surface area contributed by atoms with Gasteiger partial charge in [0.05, 0.1) is 18.8 Å². The molecule has 0 fully saturated rings. The first-order chi connectivity index (χ1) is 12.0. The average Bonchev–Trinajstić information content (AvgIpc) is 2.97. The monoisotopic (exact) mass is 350 g/mol. The second-order valence-electron chi connectivity index (χ2n) is 7.04. The van der Waals surface area contributed by atoms with Gasteiger partial charge in [-0.2, -0.15) is 5.10 Å². The Balaban J connectivity index is 2.62. The van der Waals surface area contributed by atoms with Gasteiger partial charge in [-0.05, 0) is 34.4 Å². The van der Waals surface area contributed by atoms with Crippen molar-refractivity contribution in [3.8, 4) is 0 Å². The summed E-state index contributed by atoms with van der Waals surface area (Å²) in [4.78, 5) is 7.01. The zero-order chi connectivity index (χ0) is 18.7. The van der Waals surface area contributed by atoms with Crippen LogP contribution in [0.1, 0.15) is 64.5 Å². The fourth-order valence-corrected chi connectivity index (χ4v) is 2.86. The molecular formula is C19H38N6. The van der Waals surface area contributed by atoms with Gasteiger partial charge in [0.2, 0.25) is 0 Å². The Hall–Kier alpha value is -1.56. The third-order valence-electron chi connectivity index (χ3n) is 4.37. The highest BCUT2D eigenvalue weighted by Crippen LogP contribution is 2.17. The van der Waals surface area contributed by atoms with Crippen molar-refractivity contribution in [3.63, 3.8) is 0 Å². The molecule has 2 unspecified atom stereocenters. The molecular weight excluding hydrogens is 312 g/mol. The first-order valence-electron chi connectivity index (χ1n) is 9.67. The molecule has 0 saturated heterocycles. The Morgan fingerprint density at radius 1 is 1.28 bits per heavy atom. The third kappa shape index (κ3) is 8.38. The molecule has 0 aliphatic rings. The lowest BCUT2D eigenvalue weighted by molar-refractivity contribution is 0.306. The highest BCUT2D eigenvalue weighted by molar-refractivity contribution is 5.80. The van der Waals surface area contributed by atoms with Gasteiger partial charge in [0.1, 0.15) is 0 Å². The number of guanidine groups is 1. The van der Waals surface area contributed by atoms with E-state index < -0.39 is 0 Å². The zero-order valence-corrected chi connectivity index (χ0v) is 17.0. The topological polar surface area (TPSA) is 57.5 Å². The van der Waals surface area contributed by atoms with Crippen molar-refractivity contribution in [2.45, 2.75) is 65.0 Å². The van der Waals surface area contributed by atoms with Crippen LogP contribution in [-0.4, -0.2) is 53.9 Å². The van der Waals surface area contributed by atoms with Crippen molar-refractivity contribution in [3.05, 3.63) is 18.0 Å². The summed E-state index contributed by atoms with van der Waals surface area (Å²) in [6.07, 6.45) is 10.4. The van der Waals surface area contributed by atoms with E-state index in [2.05, 4.69) is 61.7 Å². The molecule has 1 aromatic rings. The van der Waals surface area contributed by atoms with Crippen LogP contribution < -0.4 is 10.6 Å². The molecule has 0 spiro atoms. The highest BCUT2D eigenvalue weighted by Gasteiger charge is 2.16. The second kappa shape index (κ2) is 11.9. The van der Waals surface area contributed by atoms with Gasteiger partial charge in [-0.25, -0.2) is 0 Å². The lowest BCUT2D eigenvalue weighted by atomic mass is 10.1. The minimum atomic E-state index is 0.226. The molecule has 6 heteroatoms. The van der Waals surface area contributed by atoms with Crippen molar-refractivity contribution >= 4 is 5.96 Å². The zero-order valence-electron chi connectivity index (χ0n) is 17.0. The quantitative estimate of drug-likeness (QED) is 0.366. The molecule has 1 rings (SSSR count). The van der Waals surface area contributed by atoms with Gasteiger partial charge in [-0.1, -0.05) is 32.6 Å². The SMILES string of the molecule is CCCCCCC(C)NC(=NCC(c1cnn(C)c1)N(C)C)NCC. The molecule has 0 bridgehead atoms. The molecule has 0 aromatic carbocycles. The third-order valence-corrected chi connectivity index (χ3v) is 4.37. The number of nitrogens with zero attached hydrogens (tertiary/aromatic N) is 4. The molecule has 2 N–H and O–H groups in total.